The summed E-state index contributed by atoms with van der Waals surface area (Å²) in [6.07, 6.45) is 0. The number of hydrogen-bond acceptors (Lipinski definition) is 4. The van der Waals surface area contributed by atoms with Crippen LogP contribution in [-0.4, -0.2) is 25.7 Å². The number of hydrogen-bond donors (Lipinski definition) is 1. The topological polar surface area (TPSA) is 56.8 Å². The van der Waals surface area contributed by atoms with Crippen molar-refractivity contribution in [2.45, 2.75) is 34.6 Å². The molecule has 0 bridgehead atoms. The lowest BCUT2D eigenvalue weighted by atomic mass is 10.1. The van der Waals surface area contributed by atoms with Crippen LogP contribution in [0.25, 0.3) is 0 Å². The molecule has 2 aromatic rings. The average molecular weight is 357 g/mol. The van der Waals surface area contributed by atoms with Crippen LogP contribution < -0.4 is 19.5 Å². The van der Waals surface area contributed by atoms with Crippen molar-refractivity contribution in [1.29, 1.82) is 0 Å². The Hall–Kier alpha value is -2.69. The zero-order chi connectivity index (χ0) is 19.1. The van der Waals surface area contributed by atoms with Gasteiger partial charge in [0.15, 0.2) is 11.5 Å². The first-order valence-electron chi connectivity index (χ1n) is 8.95. The lowest BCUT2D eigenvalue weighted by Crippen LogP contribution is -2.14. The maximum absolute atomic E-state index is 12.8. The highest BCUT2D eigenvalue weighted by Crippen LogP contribution is 2.39. The summed E-state index contributed by atoms with van der Waals surface area (Å²) >= 11 is 0. The standard InChI is InChI=1S/C21H27NO4/c1-6-24-18-12-16(13-19(25-7-2)20(18)26-8-3)21(23)22-17-10-9-14(4)11-15(17)5/h9-13H,6-8H2,1-5H3,(H,22,23). The Bertz CT molecular complexity index is 744. The van der Waals surface area contributed by atoms with Crippen LogP contribution in [-0.2, 0) is 0 Å². The zero-order valence-electron chi connectivity index (χ0n) is 16.1. The SMILES string of the molecule is CCOc1cc(C(=O)Nc2ccc(C)cc2C)cc(OCC)c1OCC. The Morgan fingerprint density at radius 2 is 1.46 bits per heavy atom. The van der Waals surface area contributed by atoms with E-state index in [2.05, 4.69) is 5.32 Å². The van der Waals surface area contributed by atoms with Gasteiger partial charge in [0.1, 0.15) is 0 Å². The molecule has 0 radical (unpaired) electrons. The summed E-state index contributed by atoms with van der Waals surface area (Å²) in [5.41, 5.74) is 3.41. The predicted molar refractivity (Wildman–Crippen MR) is 104 cm³/mol. The molecule has 0 aliphatic carbocycles. The number of anilines is 1. The molecule has 5 nitrogen and oxygen atoms in total. The van der Waals surface area contributed by atoms with Crippen LogP contribution in [0.2, 0.25) is 0 Å². The van der Waals surface area contributed by atoms with E-state index in [9.17, 15) is 4.79 Å². The van der Waals surface area contributed by atoms with Crippen LogP contribution in [0.5, 0.6) is 17.2 Å². The molecule has 0 spiro atoms. The molecule has 26 heavy (non-hydrogen) atoms. The smallest absolute Gasteiger partial charge is 0.255 e. The van der Waals surface area contributed by atoms with Gasteiger partial charge < -0.3 is 19.5 Å². The molecule has 0 fully saturated rings. The highest BCUT2D eigenvalue weighted by Gasteiger charge is 2.18. The summed E-state index contributed by atoms with van der Waals surface area (Å²) in [7, 11) is 0. The molecule has 5 heteroatoms. The Morgan fingerprint density at radius 3 is 1.96 bits per heavy atom. The summed E-state index contributed by atoms with van der Waals surface area (Å²) in [5.74, 6) is 1.32. The van der Waals surface area contributed by atoms with Gasteiger partial charge in [-0.2, -0.15) is 0 Å². The summed E-state index contributed by atoms with van der Waals surface area (Å²) < 4.78 is 17.0. The zero-order valence-corrected chi connectivity index (χ0v) is 16.1. The Morgan fingerprint density at radius 1 is 0.885 bits per heavy atom. The van der Waals surface area contributed by atoms with E-state index in [1.807, 2.05) is 52.8 Å². The number of aryl methyl sites for hydroxylation is 2. The molecule has 2 aromatic carbocycles. The fourth-order valence-corrected chi connectivity index (χ4v) is 2.67. The Kier molecular flexibility index (Phi) is 6.89. The normalized spacial score (nSPS) is 10.3. The molecule has 0 aromatic heterocycles. The summed E-state index contributed by atoms with van der Waals surface area (Å²) in [6, 6.07) is 9.29. The van der Waals surface area contributed by atoms with Gasteiger partial charge >= 0.3 is 0 Å². The second kappa shape index (κ2) is 9.13. The summed E-state index contributed by atoms with van der Waals surface area (Å²) in [5, 5.41) is 2.95. The van der Waals surface area contributed by atoms with Gasteiger partial charge in [-0.3, -0.25) is 4.79 Å². The van der Waals surface area contributed by atoms with Crippen LogP contribution in [0.1, 0.15) is 42.3 Å². The Balaban J connectivity index is 2.38. The maximum Gasteiger partial charge on any atom is 0.255 e. The van der Waals surface area contributed by atoms with Crippen LogP contribution in [0.15, 0.2) is 30.3 Å². The van der Waals surface area contributed by atoms with Crippen LogP contribution in [0, 0.1) is 13.8 Å². The van der Waals surface area contributed by atoms with E-state index in [-0.39, 0.29) is 5.91 Å². The minimum absolute atomic E-state index is 0.220. The molecule has 0 aliphatic heterocycles. The fraction of sp³-hybridized carbons (Fsp3) is 0.381. The number of carbonyl (C=O) groups excluding carboxylic acids is 1. The van der Waals surface area contributed by atoms with Crippen LogP contribution >= 0.6 is 0 Å². The van der Waals surface area contributed by atoms with Crippen molar-refractivity contribution in [2.24, 2.45) is 0 Å². The van der Waals surface area contributed by atoms with Crippen molar-refractivity contribution in [3.05, 3.63) is 47.0 Å². The molecule has 0 saturated heterocycles. The number of carbonyl (C=O) groups is 1. The third-order valence-corrected chi connectivity index (χ3v) is 3.80. The minimum Gasteiger partial charge on any atom is -0.490 e. The van der Waals surface area contributed by atoms with Gasteiger partial charge in [0, 0.05) is 11.3 Å². The van der Waals surface area contributed by atoms with E-state index < -0.39 is 0 Å². The van der Waals surface area contributed by atoms with Crippen molar-refractivity contribution in [3.63, 3.8) is 0 Å². The predicted octanol–water partition coefficient (Wildman–Crippen LogP) is 4.75. The van der Waals surface area contributed by atoms with E-state index >= 15 is 0 Å². The highest BCUT2D eigenvalue weighted by atomic mass is 16.5. The third-order valence-electron chi connectivity index (χ3n) is 3.80. The maximum atomic E-state index is 12.8. The summed E-state index contributed by atoms with van der Waals surface area (Å²) in [4.78, 5) is 12.8. The molecule has 1 N–H and O–H groups in total. The lowest BCUT2D eigenvalue weighted by Gasteiger charge is -2.17. The van der Waals surface area contributed by atoms with Gasteiger partial charge in [-0.1, -0.05) is 17.7 Å². The molecule has 0 atom stereocenters. The van der Waals surface area contributed by atoms with Crippen molar-refractivity contribution >= 4 is 11.6 Å². The van der Waals surface area contributed by atoms with Gasteiger partial charge in [0.05, 0.1) is 19.8 Å². The quantitative estimate of drug-likeness (QED) is 0.740. The third kappa shape index (κ3) is 4.69. The monoisotopic (exact) mass is 357 g/mol. The number of rotatable bonds is 8. The number of ether oxygens (including phenoxy) is 3. The molecule has 1 amide bonds. The van der Waals surface area contributed by atoms with Gasteiger partial charge in [0.2, 0.25) is 5.75 Å². The van der Waals surface area contributed by atoms with Gasteiger partial charge in [-0.25, -0.2) is 0 Å². The lowest BCUT2D eigenvalue weighted by molar-refractivity contribution is 0.102. The molecule has 0 aliphatic rings. The number of nitrogens with one attached hydrogen (secondary N) is 1. The van der Waals surface area contributed by atoms with Crippen molar-refractivity contribution in [2.75, 3.05) is 25.1 Å². The van der Waals surface area contributed by atoms with E-state index in [1.54, 1.807) is 12.1 Å². The largest absolute Gasteiger partial charge is 0.490 e. The first-order chi connectivity index (χ1) is 12.5. The fourth-order valence-electron chi connectivity index (χ4n) is 2.67. The van der Waals surface area contributed by atoms with Crippen molar-refractivity contribution < 1.29 is 19.0 Å². The van der Waals surface area contributed by atoms with E-state index in [1.165, 1.54) is 0 Å². The first-order valence-corrected chi connectivity index (χ1v) is 8.95. The summed E-state index contributed by atoms with van der Waals surface area (Å²) in [6.45, 7) is 11.1. The molecule has 0 unspecified atom stereocenters. The molecule has 0 heterocycles. The second-order valence-corrected chi connectivity index (χ2v) is 5.87. The molecule has 140 valence electrons. The van der Waals surface area contributed by atoms with E-state index in [0.717, 1.165) is 16.8 Å². The van der Waals surface area contributed by atoms with Gasteiger partial charge in [0.25, 0.3) is 5.91 Å². The second-order valence-electron chi connectivity index (χ2n) is 5.87. The molecular weight excluding hydrogens is 330 g/mol. The number of benzene rings is 2. The first kappa shape index (κ1) is 19.6. The minimum atomic E-state index is -0.220. The average Bonchev–Trinajstić information content (AvgIpc) is 2.60. The van der Waals surface area contributed by atoms with E-state index in [4.69, 9.17) is 14.2 Å². The van der Waals surface area contributed by atoms with Crippen LogP contribution in [0.3, 0.4) is 0 Å². The number of amides is 1. The highest BCUT2D eigenvalue weighted by molar-refractivity contribution is 6.05. The molecular formula is C21H27NO4. The van der Waals surface area contributed by atoms with Crippen molar-refractivity contribution in [3.8, 4) is 17.2 Å². The molecule has 2 rings (SSSR count). The van der Waals surface area contributed by atoms with Gasteiger partial charge in [-0.15, -0.1) is 0 Å². The van der Waals surface area contributed by atoms with E-state index in [0.29, 0.717) is 42.6 Å². The molecule has 0 saturated carbocycles. The van der Waals surface area contributed by atoms with Crippen LogP contribution in [0.4, 0.5) is 5.69 Å². The Labute approximate surface area is 155 Å². The van der Waals surface area contributed by atoms with Gasteiger partial charge in [-0.05, 0) is 58.4 Å². The van der Waals surface area contributed by atoms with Crippen molar-refractivity contribution in [1.82, 2.24) is 0 Å².